The van der Waals surface area contributed by atoms with Crippen molar-refractivity contribution in [1.29, 1.82) is 5.26 Å². The number of benzene rings is 1. The molecule has 0 bridgehead atoms. The summed E-state index contributed by atoms with van der Waals surface area (Å²) in [5.74, 6) is 0.482. The van der Waals surface area contributed by atoms with Gasteiger partial charge in [0.25, 0.3) is 5.91 Å². The van der Waals surface area contributed by atoms with Gasteiger partial charge in [0.1, 0.15) is 12.4 Å². The average molecular weight is 260 g/mol. The van der Waals surface area contributed by atoms with Gasteiger partial charge in [-0.2, -0.15) is 5.26 Å². The number of ether oxygens (including phenoxy) is 2. The summed E-state index contributed by atoms with van der Waals surface area (Å²) in [4.78, 5) is 13.5. The minimum Gasteiger partial charge on any atom is -0.489 e. The number of carbonyl (C=O) groups excluding carboxylic acids is 1. The highest BCUT2D eigenvalue weighted by atomic mass is 16.5. The molecule has 0 saturated carbocycles. The first kappa shape index (κ1) is 13.4. The van der Waals surface area contributed by atoms with Gasteiger partial charge in [-0.1, -0.05) is 12.1 Å². The molecule has 0 radical (unpaired) electrons. The van der Waals surface area contributed by atoms with Gasteiger partial charge < -0.3 is 14.4 Å². The van der Waals surface area contributed by atoms with Crippen molar-refractivity contribution in [3.05, 3.63) is 24.3 Å². The highest BCUT2D eigenvalue weighted by molar-refractivity contribution is 5.96. The summed E-state index contributed by atoms with van der Waals surface area (Å²) in [5, 5.41) is 8.91. The molecule has 1 amide bonds. The third kappa shape index (κ3) is 3.04. The van der Waals surface area contributed by atoms with E-state index in [4.69, 9.17) is 14.7 Å². The van der Waals surface area contributed by atoms with Crippen LogP contribution in [0.1, 0.15) is 13.8 Å². The Bertz CT molecular complexity index is 508. The van der Waals surface area contributed by atoms with Crippen molar-refractivity contribution in [2.24, 2.45) is 0 Å². The van der Waals surface area contributed by atoms with E-state index >= 15 is 0 Å². The van der Waals surface area contributed by atoms with Crippen LogP contribution in [-0.4, -0.2) is 31.3 Å². The summed E-state index contributed by atoms with van der Waals surface area (Å²) >= 11 is 0. The van der Waals surface area contributed by atoms with Crippen molar-refractivity contribution >= 4 is 11.6 Å². The smallest absolute Gasteiger partial charge is 0.253 e. The molecule has 1 fully saturated rings. The maximum atomic E-state index is 11.9. The molecular formula is C14H16N2O3. The first-order chi connectivity index (χ1) is 9.11. The molecule has 0 aromatic heterocycles. The predicted octanol–water partition coefficient (Wildman–Crippen LogP) is 1.73. The van der Waals surface area contributed by atoms with E-state index in [1.807, 2.05) is 44.2 Å². The molecule has 19 heavy (non-hydrogen) atoms. The van der Waals surface area contributed by atoms with Crippen LogP contribution < -0.4 is 9.64 Å². The molecular weight excluding hydrogens is 244 g/mol. The van der Waals surface area contributed by atoms with E-state index in [0.717, 1.165) is 0 Å². The number of anilines is 1. The van der Waals surface area contributed by atoms with Gasteiger partial charge in [-0.15, -0.1) is 0 Å². The number of amides is 1. The fourth-order valence-corrected chi connectivity index (χ4v) is 1.91. The van der Waals surface area contributed by atoms with Crippen molar-refractivity contribution in [3.63, 3.8) is 0 Å². The SMILES string of the molecule is CC(C)Oc1ccccc1N1CC(C#N)OCC1=O. The maximum Gasteiger partial charge on any atom is 0.253 e. The van der Waals surface area contributed by atoms with Crippen molar-refractivity contribution in [2.45, 2.75) is 26.1 Å². The van der Waals surface area contributed by atoms with Crippen LogP contribution in [0.4, 0.5) is 5.69 Å². The zero-order chi connectivity index (χ0) is 13.8. The van der Waals surface area contributed by atoms with E-state index in [1.54, 1.807) is 4.90 Å². The van der Waals surface area contributed by atoms with Gasteiger partial charge in [0.2, 0.25) is 0 Å². The zero-order valence-electron chi connectivity index (χ0n) is 11.0. The Hall–Kier alpha value is -2.06. The lowest BCUT2D eigenvalue weighted by Crippen LogP contribution is -2.46. The van der Waals surface area contributed by atoms with Crippen LogP contribution in [-0.2, 0) is 9.53 Å². The molecule has 0 N–H and O–H groups in total. The zero-order valence-corrected chi connectivity index (χ0v) is 11.0. The maximum absolute atomic E-state index is 11.9. The average Bonchev–Trinajstić information content (AvgIpc) is 2.40. The van der Waals surface area contributed by atoms with E-state index in [1.165, 1.54) is 0 Å². The molecule has 1 saturated heterocycles. The number of carbonyl (C=O) groups is 1. The molecule has 100 valence electrons. The molecule has 1 atom stereocenters. The van der Waals surface area contributed by atoms with Crippen molar-refractivity contribution in [3.8, 4) is 11.8 Å². The normalized spacial score (nSPS) is 19.4. The monoisotopic (exact) mass is 260 g/mol. The van der Waals surface area contributed by atoms with E-state index in [9.17, 15) is 4.79 Å². The Kier molecular flexibility index (Phi) is 4.03. The van der Waals surface area contributed by atoms with Crippen LogP contribution in [0.2, 0.25) is 0 Å². The number of para-hydroxylation sites is 2. The number of hydrogen-bond acceptors (Lipinski definition) is 4. The van der Waals surface area contributed by atoms with Crippen LogP contribution in [0.15, 0.2) is 24.3 Å². The second kappa shape index (κ2) is 5.72. The first-order valence-electron chi connectivity index (χ1n) is 6.19. The molecule has 1 aromatic rings. The predicted molar refractivity (Wildman–Crippen MR) is 69.9 cm³/mol. The van der Waals surface area contributed by atoms with Gasteiger partial charge in [0.05, 0.1) is 24.4 Å². The first-order valence-corrected chi connectivity index (χ1v) is 6.19. The molecule has 0 spiro atoms. The van der Waals surface area contributed by atoms with Gasteiger partial charge in [0.15, 0.2) is 6.10 Å². The van der Waals surface area contributed by atoms with Crippen LogP contribution in [0.3, 0.4) is 0 Å². The lowest BCUT2D eigenvalue weighted by molar-refractivity contribution is -0.127. The van der Waals surface area contributed by atoms with Gasteiger partial charge in [0, 0.05) is 0 Å². The minimum atomic E-state index is -0.593. The molecule has 1 aromatic carbocycles. The van der Waals surface area contributed by atoms with Gasteiger partial charge >= 0.3 is 0 Å². The summed E-state index contributed by atoms with van der Waals surface area (Å²) in [7, 11) is 0. The number of rotatable bonds is 3. The second-order valence-electron chi connectivity index (χ2n) is 4.57. The summed E-state index contributed by atoms with van der Waals surface area (Å²) in [6, 6.07) is 9.36. The van der Waals surface area contributed by atoms with E-state index in [-0.39, 0.29) is 25.2 Å². The fraction of sp³-hybridized carbons (Fsp3) is 0.429. The molecule has 1 unspecified atom stereocenters. The number of nitriles is 1. The quantitative estimate of drug-likeness (QED) is 0.830. The molecule has 5 nitrogen and oxygen atoms in total. The van der Waals surface area contributed by atoms with Gasteiger partial charge in [-0.3, -0.25) is 4.79 Å². The largest absolute Gasteiger partial charge is 0.489 e. The fourth-order valence-electron chi connectivity index (χ4n) is 1.91. The summed E-state index contributed by atoms with van der Waals surface area (Å²) in [6.45, 7) is 4.01. The Morgan fingerprint density at radius 1 is 1.47 bits per heavy atom. The van der Waals surface area contributed by atoms with Gasteiger partial charge in [-0.05, 0) is 26.0 Å². The summed E-state index contributed by atoms with van der Waals surface area (Å²) < 4.78 is 10.8. The lowest BCUT2D eigenvalue weighted by atomic mass is 10.2. The number of morpholine rings is 1. The van der Waals surface area contributed by atoms with Crippen LogP contribution in [0, 0.1) is 11.3 Å². The Morgan fingerprint density at radius 3 is 2.89 bits per heavy atom. The van der Waals surface area contributed by atoms with Crippen molar-refractivity contribution in [2.75, 3.05) is 18.1 Å². The Balaban J connectivity index is 2.29. The summed E-state index contributed by atoms with van der Waals surface area (Å²) in [5.41, 5.74) is 0.685. The summed E-state index contributed by atoms with van der Waals surface area (Å²) in [6.07, 6.45) is -0.575. The second-order valence-corrected chi connectivity index (χ2v) is 4.57. The molecule has 1 aliphatic heterocycles. The van der Waals surface area contributed by atoms with Crippen LogP contribution in [0.5, 0.6) is 5.75 Å². The Labute approximate surface area is 112 Å². The van der Waals surface area contributed by atoms with E-state index in [2.05, 4.69) is 0 Å². The molecule has 2 rings (SSSR count). The van der Waals surface area contributed by atoms with Crippen LogP contribution in [0.25, 0.3) is 0 Å². The van der Waals surface area contributed by atoms with Crippen LogP contribution >= 0.6 is 0 Å². The van der Waals surface area contributed by atoms with Crippen molar-refractivity contribution in [1.82, 2.24) is 0 Å². The van der Waals surface area contributed by atoms with Gasteiger partial charge in [-0.25, -0.2) is 0 Å². The minimum absolute atomic E-state index is 0.0176. The standard InChI is InChI=1S/C14H16N2O3/c1-10(2)19-13-6-4-3-5-12(13)16-8-11(7-15)18-9-14(16)17/h3-6,10-11H,8-9H2,1-2H3. The molecule has 5 heteroatoms. The molecule has 0 aliphatic carbocycles. The molecule has 1 heterocycles. The lowest BCUT2D eigenvalue weighted by Gasteiger charge is -2.31. The topological polar surface area (TPSA) is 62.6 Å². The third-order valence-corrected chi connectivity index (χ3v) is 2.72. The Morgan fingerprint density at radius 2 is 2.21 bits per heavy atom. The highest BCUT2D eigenvalue weighted by Gasteiger charge is 2.29. The molecule has 1 aliphatic rings. The number of hydrogen-bond donors (Lipinski definition) is 0. The van der Waals surface area contributed by atoms with E-state index < -0.39 is 6.10 Å². The number of nitrogens with zero attached hydrogens (tertiary/aromatic N) is 2. The third-order valence-electron chi connectivity index (χ3n) is 2.72. The highest BCUT2D eigenvalue weighted by Crippen LogP contribution is 2.30. The van der Waals surface area contributed by atoms with E-state index in [0.29, 0.717) is 11.4 Å². The van der Waals surface area contributed by atoms with Crippen molar-refractivity contribution < 1.29 is 14.3 Å².